The number of aliphatic hydroxyl groups is 1. The molecular formula is C15H25N3O. The summed E-state index contributed by atoms with van der Waals surface area (Å²) in [6.45, 7) is 7.63. The maximum Gasteiger partial charge on any atom is 0.133 e. The maximum absolute atomic E-state index is 10.0. The summed E-state index contributed by atoms with van der Waals surface area (Å²) in [6, 6.07) is 2.21. The van der Waals surface area contributed by atoms with E-state index in [-0.39, 0.29) is 0 Å². The second-order valence-corrected chi connectivity index (χ2v) is 5.96. The summed E-state index contributed by atoms with van der Waals surface area (Å²) in [5.41, 5.74) is 8.79. The smallest absolute Gasteiger partial charge is 0.133 e. The van der Waals surface area contributed by atoms with Crippen LogP contribution in [0.15, 0.2) is 6.07 Å². The number of fused-ring (bicyclic) bond motifs is 1. The number of rotatable bonds is 5. The van der Waals surface area contributed by atoms with Crippen LogP contribution < -0.4 is 10.6 Å². The van der Waals surface area contributed by atoms with Gasteiger partial charge in [0, 0.05) is 30.9 Å². The molecule has 2 rings (SSSR count). The van der Waals surface area contributed by atoms with Gasteiger partial charge in [-0.1, -0.05) is 0 Å². The van der Waals surface area contributed by atoms with Crippen LogP contribution in [-0.4, -0.2) is 28.8 Å². The molecule has 1 aromatic rings. The first-order chi connectivity index (χ1) is 8.94. The molecule has 1 heterocycles. The second-order valence-electron chi connectivity index (χ2n) is 5.96. The first-order valence-corrected chi connectivity index (χ1v) is 7.13. The van der Waals surface area contributed by atoms with Crippen molar-refractivity contribution in [2.45, 2.75) is 52.2 Å². The lowest BCUT2D eigenvalue weighted by Crippen LogP contribution is -2.39. The van der Waals surface area contributed by atoms with Crippen LogP contribution >= 0.6 is 0 Å². The third kappa shape index (κ3) is 3.25. The van der Waals surface area contributed by atoms with Gasteiger partial charge in [-0.3, -0.25) is 0 Å². The molecule has 1 aliphatic carbocycles. The standard InChI is InChI=1S/C15H25N3O/c1-4-18(10-15(2,3)19)14-12(9-16)8-11-6-5-7-13(11)17-14/h8,19H,4-7,9-10,16H2,1-3H3. The number of nitrogens with two attached hydrogens (primary N) is 1. The fraction of sp³-hybridized carbons (Fsp3) is 0.667. The Morgan fingerprint density at radius 2 is 2.16 bits per heavy atom. The highest BCUT2D eigenvalue weighted by molar-refractivity contribution is 5.51. The minimum absolute atomic E-state index is 0.498. The zero-order valence-electron chi connectivity index (χ0n) is 12.2. The minimum atomic E-state index is -0.734. The molecule has 0 aromatic carbocycles. The van der Waals surface area contributed by atoms with Crippen LogP contribution in [0.5, 0.6) is 0 Å². The van der Waals surface area contributed by atoms with Gasteiger partial charge in [0.15, 0.2) is 0 Å². The zero-order valence-corrected chi connectivity index (χ0v) is 12.2. The molecule has 4 nitrogen and oxygen atoms in total. The highest BCUT2D eigenvalue weighted by Crippen LogP contribution is 2.28. The van der Waals surface area contributed by atoms with Gasteiger partial charge >= 0.3 is 0 Å². The summed E-state index contributed by atoms with van der Waals surface area (Å²) < 4.78 is 0. The third-order valence-corrected chi connectivity index (χ3v) is 3.59. The van der Waals surface area contributed by atoms with Gasteiger partial charge in [-0.25, -0.2) is 4.98 Å². The molecule has 0 spiro atoms. The number of likely N-dealkylation sites (N-methyl/N-ethyl adjacent to an activating group) is 1. The Bertz CT molecular complexity index is 451. The average molecular weight is 263 g/mol. The van der Waals surface area contributed by atoms with Gasteiger partial charge in [0.1, 0.15) is 5.82 Å². The normalized spacial score (nSPS) is 14.6. The summed E-state index contributed by atoms with van der Waals surface area (Å²) in [5.74, 6) is 0.952. The van der Waals surface area contributed by atoms with Crippen molar-refractivity contribution >= 4 is 5.82 Å². The first kappa shape index (κ1) is 14.3. The topological polar surface area (TPSA) is 62.4 Å². The molecule has 0 amide bonds. The predicted molar refractivity (Wildman–Crippen MR) is 78.3 cm³/mol. The Labute approximate surface area is 115 Å². The molecule has 4 heteroatoms. The predicted octanol–water partition coefficient (Wildman–Crippen LogP) is 1.63. The summed E-state index contributed by atoms with van der Waals surface area (Å²) in [7, 11) is 0. The van der Waals surface area contributed by atoms with Crippen LogP contribution in [0.3, 0.4) is 0 Å². The van der Waals surface area contributed by atoms with Gasteiger partial charge in [-0.2, -0.15) is 0 Å². The Hall–Kier alpha value is -1.13. The van der Waals surface area contributed by atoms with Crippen molar-refractivity contribution in [2.24, 2.45) is 5.73 Å². The number of aryl methyl sites for hydroxylation is 2. The van der Waals surface area contributed by atoms with Crippen molar-refractivity contribution in [1.29, 1.82) is 0 Å². The molecule has 0 radical (unpaired) electrons. The fourth-order valence-electron chi connectivity index (χ4n) is 2.74. The lowest BCUT2D eigenvalue weighted by molar-refractivity contribution is 0.0874. The van der Waals surface area contributed by atoms with E-state index in [4.69, 9.17) is 10.7 Å². The van der Waals surface area contributed by atoms with E-state index in [9.17, 15) is 5.11 Å². The van der Waals surface area contributed by atoms with Crippen LogP contribution in [0.2, 0.25) is 0 Å². The van der Waals surface area contributed by atoms with E-state index >= 15 is 0 Å². The molecule has 1 aromatic heterocycles. The van der Waals surface area contributed by atoms with Gasteiger partial charge in [0.2, 0.25) is 0 Å². The monoisotopic (exact) mass is 263 g/mol. The summed E-state index contributed by atoms with van der Waals surface area (Å²) in [5, 5.41) is 10.0. The van der Waals surface area contributed by atoms with E-state index in [1.807, 2.05) is 13.8 Å². The van der Waals surface area contributed by atoms with Crippen molar-refractivity contribution in [3.63, 3.8) is 0 Å². The maximum atomic E-state index is 10.0. The molecule has 0 saturated carbocycles. The van der Waals surface area contributed by atoms with Crippen LogP contribution in [-0.2, 0) is 19.4 Å². The summed E-state index contributed by atoms with van der Waals surface area (Å²) in [4.78, 5) is 6.94. The molecule has 0 atom stereocenters. The molecule has 106 valence electrons. The van der Waals surface area contributed by atoms with Crippen molar-refractivity contribution in [1.82, 2.24) is 4.98 Å². The van der Waals surface area contributed by atoms with Crippen LogP contribution in [0.25, 0.3) is 0 Å². The van der Waals surface area contributed by atoms with Crippen molar-refractivity contribution in [3.05, 3.63) is 22.9 Å². The van der Waals surface area contributed by atoms with Crippen LogP contribution in [0, 0.1) is 0 Å². The van der Waals surface area contributed by atoms with Gasteiger partial charge in [-0.15, -0.1) is 0 Å². The Morgan fingerprint density at radius 3 is 2.74 bits per heavy atom. The number of hydrogen-bond acceptors (Lipinski definition) is 4. The lowest BCUT2D eigenvalue weighted by Gasteiger charge is -2.30. The zero-order chi connectivity index (χ0) is 14.0. The van der Waals surface area contributed by atoms with Gasteiger partial charge in [0.05, 0.1) is 5.60 Å². The lowest BCUT2D eigenvalue weighted by atomic mass is 10.1. The van der Waals surface area contributed by atoms with Crippen molar-refractivity contribution in [3.8, 4) is 0 Å². The SMILES string of the molecule is CCN(CC(C)(C)O)c1nc2c(cc1CN)CCC2. The Kier molecular flexibility index (Phi) is 4.11. The number of hydrogen-bond donors (Lipinski definition) is 2. The molecule has 3 N–H and O–H groups in total. The third-order valence-electron chi connectivity index (χ3n) is 3.59. The van der Waals surface area contributed by atoms with Gasteiger partial charge < -0.3 is 15.7 Å². The van der Waals surface area contributed by atoms with E-state index in [0.717, 1.165) is 30.8 Å². The highest BCUT2D eigenvalue weighted by atomic mass is 16.3. The minimum Gasteiger partial charge on any atom is -0.389 e. The van der Waals surface area contributed by atoms with Gasteiger partial charge in [0.25, 0.3) is 0 Å². The molecule has 0 saturated heterocycles. The van der Waals surface area contributed by atoms with Crippen LogP contribution in [0.4, 0.5) is 5.82 Å². The molecule has 0 bridgehead atoms. The number of anilines is 1. The second kappa shape index (κ2) is 5.47. The van der Waals surface area contributed by atoms with E-state index in [1.165, 1.54) is 17.7 Å². The number of nitrogens with zero attached hydrogens (tertiary/aromatic N) is 2. The molecular weight excluding hydrogens is 238 g/mol. The largest absolute Gasteiger partial charge is 0.389 e. The van der Waals surface area contributed by atoms with Gasteiger partial charge in [-0.05, 0) is 51.7 Å². The van der Waals surface area contributed by atoms with Crippen molar-refractivity contribution in [2.75, 3.05) is 18.0 Å². The van der Waals surface area contributed by atoms with Crippen LogP contribution in [0.1, 0.15) is 44.0 Å². The molecule has 0 unspecified atom stereocenters. The molecule has 19 heavy (non-hydrogen) atoms. The quantitative estimate of drug-likeness (QED) is 0.847. The summed E-state index contributed by atoms with van der Waals surface area (Å²) >= 11 is 0. The van der Waals surface area contributed by atoms with E-state index in [1.54, 1.807) is 0 Å². The number of pyridine rings is 1. The van der Waals surface area contributed by atoms with E-state index < -0.39 is 5.60 Å². The molecule has 1 aliphatic rings. The molecule has 0 aliphatic heterocycles. The Balaban J connectivity index is 2.36. The first-order valence-electron chi connectivity index (χ1n) is 7.13. The average Bonchev–Trinajstić information content (AvgIpc) is 2.80. The molecule has 0 fully saturated rings. The fourth-order valence-corrected chi connectivity index (χ4v) is 2.74. The number of aromatic nitrogens is 1. The summed E-state index contributed by atoms with van der Waals surface area (Å²) in [6.07, 6.45) is 3.37. The van der Waals surface area contributed by atoms with Crippen molar-refractivity contribution < 1.29 is 5.11 Å². The Morgan fingerprint density at radius 1 is 1.42 bits per heavy atom. The van der Waals surface area contributed by atoms with E-state index in [0.29, 0.717) is 13.1 Å². The highest BCUT2D eigenvalue weighted by Gasteiger charge is 2.23. The van der Waals surface area contributed by atoms with E-state index in [2.05, 4.69) is 17.9 Å².